The van der Waals surface area contributed by atoms with E-state index < -0.39 is 0 Å². The van der Waals surface area contributed by atoms with Crippen LogP contribution in [0.1, 0.15) is 51.4 Å². The van der Waals surface area contributed by atoms with Crippen LogP contribution in [0.15, 0.2) is 12.7 Å². The fourth-order valence-electron chi connectivity index (χ4n) is 2.27. The Labute approximate surface area is 99.7 Å². The van der Waals surface area contributed by atoms with Crippen molar-refractivity contribution in [2.75, 3.05) is 19.6 Å². The normalized spacial score (nSPS) is 18.8. The number of unbranched alkanes of at least 4 members (excludes halogenated alkanes) is 1. The summed E-state index contributed by atoms with van der Waals surface area (Å²) in [5, 5.41) is 0. The number of allylic oxidation sites excluding steroid dienone is 1. The topological polar surface area (TPSA) is 20.3 Å². The molecule has 0 aromatic rings. The molecule has 0 radical (unpaired) electrons. The average molecular weight is 223 g/mol. The van der Waals surface area contributed by atoms with E-state index in [1.54, 1.807) is 0 Å². The number of likely N-dealkylation sites (tertiary alicyclic amines) is 1. The van der Waals surface area contributed by atoms with E-state index in [1.165, 1.54) is 57.8 Å². The molecule has 2 heteroatoms. The maximum Gasteiger partial charge on any atom is 0.155 e. The van der Waals surface area contributed by atoms with Gasteiger partial charge in [0.15, 0.2) is 5.78 Å². The van der Waals surface area contributed by atoms with Gasteiger partial charge in [-0.05, 0) is 51.4 Å². The second-order valence-electron chi connectivity index (χ2n) is 4.74. The van der Waals surface area contributed by atoms with Crippen LogP contribution >= 0.6 is 0 Å². The zero-order valence-electron chi connectivity index (χ0n) is 10.4. The Morgan fingerprint density at radius 3 is 2.31 bits per heavy atom. The molecule has 1 rings (SSSR count). The van der Waals surface area contributed by atoms with E-state index in [2.05, 4.69) is 11.5 Å². The monoisotopic (exact) mass is 223 g/mol. The molecule has 16 heavy (non-hydrogen) atoms. The summed E-state index contributed by atoms with van der Waals surface area (Å²) in [6, 6.07) is 0. The summed E-state index contributed by atoms with van der Waals surface area (Å²) < 4.78 is 0. The van der Waals surface area contributed by atoms with Gasteiger partial charge in [-0.15, -0.1) is 0 Å². The lowest BCUT2D eigenvalue weighted by Gasteiger charge is -2.24. The molecule has 0 saturated carbocycles. The molecule has 0 unspecified atom stereocenters. The number of ketones is 1. The number of nitrogens with zero attached hydrogens (tertiary/aromatic N) is 1. The van der Waals surface area contributed by atoms with Crippen molar-refractivity contribution in [2.45, 2.75) is 51.4 Å². The van der Waals surface area contributed by atoms with Crippen LogP contribution < -0.4 is 0 Å². The van der Waals surface area contributed by atoms with Crippen molar-refractivity contribution in [2.24, 2.45) is 0 Å². The summed E-state index contributed by atoms with van der Waals surface area (Å²) >= 11 is 0. The summed E-state index contributed by atoms with van der Waals surface area (Å²) in [4.78, 5) is 13.6. The lowest BCUT2D eigenvalue weighted by molar-refractivity contribution is -0.114. The Morgan fingerprint density at radius 1 is 1.06 bits per heavy atom. The van der Waals surface area contributed by atoms with Crippen molar-refractivity contribution < 1.29 is 4.79 Å². The van der Waals surface area contributed by atoms with Crippen molar-refractivity contribution in [1.29, 1.82) is 0 Å². The smallest absolute Gasteiger partial charge is 0.155 e. The van der Waals surface area contributed by atoms with Crippen molar-refractivity contribution in [3.63, 3.8) is 0 Å². The van der Waals surface area contributed by atoms with Crippen LogP contribution in [0.3, 0.4) is 0 Å². The Hall–Kier alpha value is -0.630. The zero-order valence-corrected chi connectivity index (χ0v) is 10.4. The van der Waals surface area contributed by atoms with Gasteiger partial charge in [0.2, 0.25) is 0 Å². The van der Waals surface area contributed by atoms with Crippen LogP contribution in [-0.2, 0) is 4.79 Å². The number of rotatable bonds is 6. The summed E-state index contributed by atoms with van der Waals surface area (Å²) in [5.74, 6) is 0.188. The summed E-state index contributed by atoms with van der Waals surface area (Å²) in [6.45, 7) is 7.18. The highest BCUT2D eigenvalue weighted by Crippen LogP contribution is 2.11. The molecule has 1 fully saturated rings. The molecule has 2 nitrogen and oxygen atoms in total. The average Bonchev–Trinajstić information content (AvgIpc) is 2.26. The van der Waals surface area contributed by atoms with Crippen LogP contribution in [0, 0.1) is 0 Å². The molecule has 0 aromatic heterocycles. The van der Waals surface area contributed by atoms with E-state index in [0.29, 0.717) is 6.42 Å². The second kappa shape index (κ2) is 8.51. The predicted octanol–water partition coefficient (Wildman–Crippen LogP) is 3.18. The molecule has 92 valence electrons. The Bertz CT molecular complexity index is 205. The van der Waals surface area contributed by atoms with Crippen LogP contribution in [0.25, 0.3) is 0 Å². The number of hydrogen-bond acceptors (Lipinski definition) is 2. The van der Waals surface area contributed by atoms with E-state index in [0.717, 1.165) is 12.8 Å². The fraction of sp³-hybridized carbons (Fsp3) is 0.786. The minimum Gasteiger partial charge on any atom is -0.303 e. The number of carbonyl (C=O) groups excluding carboxylic acids is 1. The third-order valence-electron chi connectivity index (χ3n) is 3.32. The Morgan fingerprint density at radius 2 is 1.69 bits per heavy atom. The molecule has 0 atom stereocenters. The Balaban J connectivity index is 2.05. The van der Waals surface area contributed by atoms with Gasteiger partial charge in [-0.1, -0.05) is 25.8 Å². The lowest BCUT2D eigenvalue weighted by Crippen LogP contribution is -2.28. The Kier molecular flexibility index (Phi) is 7.15. The largest absolute Gasteiger partial charge is 0.303 e. The van der Waals surface area contributed by atoms with Crippen LogP contribution in [0.2, 0.25) is 0 Å². The van der Waals surface area contributed by atoms with Gasteiger partial charge < -0.3 is 4.90 Å². The molecule has 0 amide bonds. The molecule has 1 heterocycles. The second-order valence-corrected chi connectivity index (χ2v) is 4.74. The molecule has 1 aliphatic heterocycles. The molecule has 0 aromatic carbocycles. The molecule has 1 saturated heterocycles. The molecule has 1 aliphatic rings. The van der Waals surface area contributed by atoms with Gasteiger partial charge in [-0.2, -0.15) is 0 Å². The molecule has 0 aliphatic carbocycles. The van der Waals surface area contributed by atoms with Gasteiger partial charge in [0.1, 0.15) is 0 Å². The highest BCUT2D eigenvalue weighted by molar-refractivity contribution is 5.88. The zero-order chi connectivity index (χ0) is 11.6. The van der Waals surface area contributed by atoms with E-state index in [9.17, 15) is 4.79 Å². The molecule has 0 spiro atoms. The first-order chi connectivity index (χ1) is 7.83. The third-order valence-corrected chi connectivity index (χ3v) is 3.32. The van der Waals surface area contributed by atoms with Crippen molar-refractivity contribution in [3.05, 3.63) is 12.7 Å². The van der Waals surface area contributed by atoms with E-state index in [4.69, 9.17) is 0 Å². The predicted molar refractivity (Wildman–Crippen MR) is 68.6 cm³/mol. The molecular weight excluding hydrogens is 198 g/mol. The maximum absolute atomic E-state index is 11.0. The highest BCUT2D eigenvalue weighted by Gasteiger charge is 2.07. The van der Waals surface area contributed by atoms with Crippen LogP contribution in [-0.4, -0.2) is 30.3 Å². The molecule has 0 bridgehead atoms. The first kappa shape index (κ1) is 13.4. The van der Waals surface area contributed by atoms with Gasteiger partial charge in [0.25, 0.3) is 0 Å². The third kappa shape index (κ3) is 6.06. The van der Waals surface area contributed by atoms with Crippen molar-refractivity contribution in [1.82, 2.24) is 4.90 Å². The van der Waals surface area contributed by atoms with Crippen molar-refractivity contribution >= 4 is 5.78 Å². The van der Waals surface area contributed by atoms with E-state index in [1.807, 2.05) is 0 Å². The minimum atomic E-state index is 0.188. The summed E-state index contributed by atoms with van der Waals surface area (Å²) in [5.41, 5.74) is 0. The summed E-state index contributed by atoms with van der Waals surface area (Å²) in [7, 11) is 0. The number of hydrogen-bond donors (Lipinski definition) is 0. The van der Waals surface area contributed by atoms with Gasteiger partial charge >= 0.3 is 0 Å². The first-order valence-electron chi connectivity index (χ1n) is 6.70. The van der Waals surface area contributed by atoms with Gasteiger partial charge in [0, 0.05) is 6.42 Å². The fourth-order valence-corrected chi connectivity index (χ4v) is 2.27. The van der Waals surface area contributed by atoms with Crippen LogP contribution in [0.4, 0.5) is 0 Å². The van der Waals surface area contributed by atoms with Crippen molar-refractivity contribution in [3.8, 4) is 0 Å². The first-order valence-corrected chi connectivity index (χ1v) is 6.70. The van der Waals surface area contributed by atoms with Crippen LogP contribution in [0.5, 0.6) is 0 Å². The van der Waals surface area contributed by atoms with E-state index in [-0.39, 0.29) is 5.78 Å². The van der Waals surface area contributed by atoms with Gasteiger partial charge in [-0.3, -0.25) is 4.79 Å². The summed E-state index contributed by atoms with van der Waals surface area (Å²) in [6.07, 6.45) is 11.2. The minimum absolute atomic E-state index is 0.188. The standard InChI is InChI=1S/C14H25NO/c1-2-14(16)10-6-9-13-15-11-7-4-3-5-8-12-15/h2H,1,3-13H2. The maximum atomic E-state index is 11.0. The SMILES string of the molecule is C=CC(=O)CCCCN1CCCCCCC1. The quantitative estimate of drug-likeness (QED) is 0.509. The van der Waals surface area contributed by atoms with Gasteiger partial charge in [0.05, 0.1) is 0 Å². The molecular formula is C14H25NO. The highest BCUT2D eigenvalue weighted by atomic mass is 16.1. The molecule has 0 N–H and O–H groups in total. The van der Waals surface area contributed by atoms with E-state index >= 15 is 0 Å². The lowest BCUT2D eigenvalue weighted by atomic mass is 10.1. The number of carbonyl (C=O) groups is 1. The van der Waals surface area contributed by atoms with Gasteiger partial charge in [-0.25, -0.2) is 0 Å².